The molecule has 0 bridgehead atoms. The molecule has 0 radical (unpaired) electrons. The van der Waals surface area contributed by atoms with Crippen molar-refractivity contribution in [3.05, 3.63) is 119 Å². The van der Waals surface area contributed by atoms with Gasteiger partial charge in [0.15, 0.2) is 0 Å². The first-order valence-corrected chi connectivity index (χ1v) is 14.6. The number of rotatable bonds is 10. The standard InChI is InChI=1S/C30H30FN3O4S/c31-28-16-8-7-14-25(28)22-39(36,37)30-32-18-26(34(30)19-23-10-3-1-4-11-23)20-33(21-27-15-9-17-38-27)29(35)24-12-5-2-6-13-24/h1-8,10-14,16,18,27H,9,15,17,19-22H2. The molecule has 2 heterocycles. The first kappa shape index (κ1) is 26.8. The van der Waals surface area contributed by atoms with Crippen LogP contribution in [0.1, 0.15) is 40.0 Å². The van der Waals surface area contributed by atoms with E-state index in [1.54, 1.807) is 27.7 Å². The molecule has 0 aliphatic carbocycles. The fourth-order valence-corrected chi connectivity index (χ4v) is 6.30. The van der Waals surface area contributed by atoms with Crippen molar-refractivity contribution in [1.29, 1.82) is 0 Å². The number of ether oxygens (including phenoxy) is 1. The van der Waals surface area contributed by atoms with Gasteiger partial charge in [0.05, 0.1) is 36.8 Å². The Balaban J connectivity index is 1.51. The molecule has 0 saturated carbocycles. The average Bonchev–Trinajstić information content (AvgIpc) is 3.61. The predicted molar refractivity (Wildman–Crippen MR) is 145 cm³/mol. The second kappa shape index (κ2) is 11.9. The average molecular weight is 548 g/mol. The minimum absolute atomic E-state index is 0.0765. The number of carbonyl (C=O) groups is 1. The lowest BCUT2D eigenvalue weighted by Crippen LogP contribution is -2.37. The normalized spacial score (nSPS) is 15.4. The molecule has 1 unspecified atom stereocenters. The number of hydrogen-bond acceptors (Lipinski definition) is 5. The highest BCUT2D eigenvalue weighted by atomic mass is 32.2. The molecule has 1 aromatic heterocycles. The molecule has 0 N–H and O–H groups in total. The lowest BCUT2D eigenvalue weighted by molar-refractivity contribution is 0.0501. The van der Waals surface area contributed by atoms with Crippen LogP contribution >= 0.6 is 0 Å². The van der Waals surface area contributed by atoms with E-state index in [-0.39, 0.29) is 35.8 Å². The zero-order valence-corrected chi connectivity index (χ0v) is 22.3. The van der Waals surface area contributed by atoms with Crippen LogP contribution in [-0.4, -0.2) is 48.0 Å². The quantitative estimate of drug-likeness (QED) is 0.283. The van der Waals surface area contributed by atoms with Crippen molar-refractivity contribution in [2.45, 2.75) is 42.9 Å². The van der Waals surface area contributed by atoms with Crippen LogP contribution in [0.4, 0.5) is 4.39 Å². The van der Waals surface area contributed by atoms with Gasteiger partial charge in [-0.15, -0.1) is 0 Å². The van der Waals surface area contributed by atoms with E-state index in [0.717, 1.165) is 18.4 Å². The maximum absolute atomic E-state index is 14.4. The first-order chi connectivity index (χ1) is 18.9. The van der Waals surface area contributed by atoms with Crippen LogP contribution in [0.2, 0.25) is 0 Å². The summed E-state index contributed by atoms with van der Waals surface area (Å²) in [6, 6.07) is 24.3. The number of amides is 1. The molecule has 9 heteroatoms. The van der Waals surface area contributed by atoms with Crippen LogP contribution in [0.25, 0.3) is 0 Å². The number of nitrogens with zero attached hydrogens (tertiary/aromatic N) is 3. The Morgan fingerprint density at radius 3 is 2.38 bits per heavy atom. The van der Waals surface area contributed by atoms with E-state index in [1.165, 1.54) is 24.4 Å². The minimum atomic E-state index is -4.01. The predicted octanol–water partition coefficient (Wildman–Crippen LogP) is 4.87. The summed E-state index contributed by atoms with van der Waals surface area (Å²) in [6.45, 7) is 1.40. The summed E-state index contributed by atoms with van der Waals surface area (Å²) in [7, 11) is -4.01. The van der Waals surface area contributed by atoms with Crippen LogP contribution in [0.3, 0.4) is 0 Å². The van der Waals surface area contributed by atoms with Crippen molar-refractivity contribution in [2.75, 3.05) is 13.2 Å². The number of carbonyl (C=O) groups excluding carboxylic acids is 1. The van der Waals surface area contributed by atoms with Crippen LogP contribution in [0.5, 0.6) is 0 Å². The zero-order chi connectivity index (χ0) is 27.2. The van der Waals surface area contributed by atoms with Gasteiger partial charge in [-0.25, -0.2) is 17.8 Å². The molecule has 4 aromatic rings. The molecule has 0 spiro atoms. The van der Waals surface area contributed by atoms with Crippen molar-refractivity contribution in [1.82, 2.24) is 14.5 Å². The Morgan fingerprint density at radius 2 is 1.69 bits per heavy atom. The molecule has 1 atom stereocenters. The second-order valence-electron chi connectivity index (χ2n) is 9.64. The van der Waals surface area contributed by atoms with Crippen LogP contribution in [0, 0.1) is 5.82 Å². The van der Waals surface area contributed by atoms with Crippen LogP contribution < -0.4 is 0 Å². The largest absolute Gasteiger partial charge is 0.376 e. The Kier molecular flexibility index (Phi) is 8.18. The highest BCUT2D eigenvalue weighted by Gasteiger charge is 2.29. The summed E-state index contributed by atoms with van der Waals surface area (Å²) < 4.78 is 48.9. The van der Waals surface area contributed by atoms with Gasteiger partial charge in [0.1, 0.15) is 5.82 Å². The maximum atomic E-state index is 14.4. The monoisotopic (exact) mass is 547 g/mol. The van der Waals surface area contributed by atoms with E-state index >= 15 is 0 Å². The van der Waals surface area contributed by atoms with Gasteiger partial charge in [-0.05, 0) is 36.6 Å². The van der Waals surface area contributed by atoms with Gasteiger partial charge in [-0.1, -0.05) is 66.7 Å². The van der Waals surface area contributed by atoms with E-state index in [0.29, 0.717) is 24.4 Å². The van der Waals surface area contributed by atoms with Crippen molar-refractivity contribution in [3.8, 4) is 0 Å². The third kappa shape index (κ3) is 6.43. The summed E-state index contributed by atoms with van der Waals surface area (Å²) in [5.74, 6) is -1.28. The third-order valence-electron chi connectivity index (χ3n) is 6.78. The molecule has 1 amide bonds. The van der Waals surface area contributed by atoms with E-state index in [1.807, 2.05) is 48.5 Å². The fraction of sp³-hybridized carbons (Fsp3) is 0.267. The number of imidazole rings is 1. The lowest BCUT2D eigenvalue weighted by atomic mass is 10.1. The van der Waals surface area contributed by atoms with Gasteiger partial charge in [-0.3, -0.25) is 4.79 Å². The van der Waals surface area contributed by atoms with E-state index in [4.69, 9.17) is 4.74 Å². The zero-order valence-electron chi connectivity index (χ0n) is 21.4. The number of halogens is 1. The van der Waals surface area contributed by atoms with Crippen molar-refractivity contribution in [2.24, 2.45) is 0 Å². The van der Waals surface area contributed by atoms with Crippen LogP contribution in [0.15, 0.2) is 96.3 Å². The molecule has 3 aromatic carbocycles. The summed E-state index contributed by atoms with van der Waals surface area (Å²) in [4.78, 5) is 19.6. The van der Waals surface area contributed by atoms with Gasteiger partial charge >= 0.3 is 0 Å². The Hall–Kier alpha value is -3.82. The first-order valence-electron chi connectivity index (χ1n) is 12.9. The molecule has 1 saturated heterocycles. The highest BCUT2D eigenvalue weighted by molar-refractivity contribution is 7.90. The van der Waals surface area contributed by atoms with E-state index < -0.39 is 21.4 Å². The second-order valence-corrected chi connectivity index (χ2v) is 11.5. The lowest BCUT2D eigenvalue weighted by Gasteiger charge is -2.26. The summed E-state index contributed by atoms with van der Waals surface area (Å²) >= 11 is 0. The number of sulfone groups is 1. The minimum Gasteiger partial charge on any atom is -0.376 e. The highest BCUT2D eigenvalue weighted by Crippen LogP contribution is 2.23. The molecule has 5 rings (SSSR count). The van der Waals surface area contributed by atoms with Crippen LogP contribution in [-0.2, 0) is 33.4 Å². The SMILES string of the molecule is O=C(c1ccccc1)N(Cc1cnc(S(=O)(=O)Cc2ccccc2F)n1Cc1ccccc1)CC1CCCO1. The molecule has 1 aliphatic rings. The Bertz CT molecular complexity index is 1520. The Labute approximate surface area is 227 Å². The topological polar surface area (TPSA) is 81.5 Å². The smallest absolute Gasteiger partial charge is 0.254 e. The van der Waals surface area contributed by atoms with E-state index in [2.05, 4.69) is 4.98 Å². The summed E-state index contributed by atoms with van der Waals surface area (Å²) in [5, 5.41) is -0.158. The van der Waals surface area contributed by atoms with Crippen molar-refractivity contribution >= 4 is 15.7 Å². The maximum Gasteiger partial charge on any atom is 0.254 e. The van der Waals surface area contributed by atoms with Gasteiger partial charge in [0.2, 0.25) is 15.0 Å². The molecule has 7 nitrogen and oxygen atoms in total. The molecule has 1 fully saturated rings. The van der Waals surface area contributed by atoms with E-state index in [9.17, 15) is 17.6 Å². The summed E-state index contributed by atoms with van der Waals surface area (Å²) in [5.41, 5.74) is 2.05. The molecule has 39 heavy (non-hydrogen) atoms. The number of benzene rings is 3. The van der Waals surface area contributed by atoms with Crippen molar-refractivity contribution < 1.29 is 22.3 Å². The molecule has 202 valence electrons. The third-order valence-corrected chi connectivity index (χ3v) is 8.35. The number of hydrogen-bond donors (Lipinski definition) is 0. The fourth-order valence-electron chi connectivity index (χ4n) is 4.80. The van der Waals surface area contributed by atoms with Gasteiger partial charge in [-0.2, -0.15) is 0 Å². The molecular formula is C30H30FN3O4S. The van der Waals surface area contributed by atoms with Gasteiger partial charge in [0, 0.05) is 24.3 Å². The molecule has 1 aliphatic heterocycles. The van der Waals surface area contributed by atoms with Gasteiger partial charge in [0.25, 0.3) is 5.91 Å². The van der Waals surface area contributed by atoms with Crippen molar-refractivity contribution in [3.63, 3.8) is 0 Å². The summed E-state index contributed by atoms with van der Waals surface area (Å²) in [6.07, 6.45) is 3.19. The number of aromatic nitrogens is 2. The Morgan fingerprint density at radius 1 is 1.00 bits per heavy atom. The molecular weight excluding hydrogens is 517 g/mol. The van der Waals surface area contributed by atoms with Gasteiger partial charge < -0.3 is 14.2 Å².